The second-order valence-corrected chi connectivity index (χ2v) is 17.9. The summed E-state index contributed by atoms with van der Waals surface area (Å²) in [5.41, 5.74) is 17.0. The lowest BCUT2D eigenvalue weighted by atomic mass is 9.81. The summed E-state index contributed by atoms with van der Waals surface area (Å²) < 4.78 is 18.9. The van der Waals surface area contributed by atoms with E-state index in [0.29, 0.717) is 17.5 Å². The molecule has 0 amide bonds. The van der Waals surface area contributed by atoms with Gasteiger partial charge in [0.15, 0.2) is 17.5 Å². The lowest BCUT2D eigenvalue weighted by Crippen LogP contribution is -2.15. The molecule has 0 saturated carbocycles. The minimum absolute atomic E-state index is 0.304. The average Bonchev–Trinajstić information content (AvgIpc) is 4.11. The highest BCUT2D eigenvalue weighted by Crippen LogP contribution is 2.51. The van der Waals surface area contributed by atoms with E-state index in [1.807, 2.05) is 72.8 Å². The van der Waals surface area contributed by atoms with Gasteiger partial charge in [0.2, 0.25) is 0 Å². The molecule has 0 N–H and O–H groups in total. The molecule has 1 aliphatic carbocycles. The summed E-state index contributed by atoms with van der Waals surface area (Å²) in [6, 6.07) is 65.6. The fraction of sp³-hybridized carbons (Fsp3) is 0.0500. The van der Waals surface area contributed by atoms with Gasteiger partial charge in [0.05, 0.1) is 0 Å². The maximum Gasteiger partial charge on any atom is 0.164 e. The number of rotatable bonds is 5. The molecule has 4 aromatic heterocycles. The van der Waals surface area contributed by atoms with Crippen LogP contribution in [-0.2, 0) is 5.41 Å². The molecule has 14 rings (SSSR count). The zero-order valence-corrected chi connectivity index (χ0v) is 36.0. The van der Waals surface area contributed by atoms with Gasteiger partial charge in [-0.25, -0.2) is 15.0 Å². The van der Waals surface area contributed by atoms with Gasteiger partial charge < -0.3 is 13.3 Å². The van der Waals surface area contributed by atoms with Crippen LogP contribution in [0.2, 0.25) is 0 Å². The van der Waals surface area contributed by atoms with Crippen LogP contribution in [0.25, 0.3) is 133 Å². The van der Waals surface area contributed by atoms with E-state index in [4.69, 9.17) is 28.2 Å². The van der Waals surface area contributed by atoms with Crippen molar-refractivity contribution in [3.8, 4) is 67.5 Å². The highest BCUT2D eigenvalue weighted by molar-refractivity contribution is 6.13. The maximum absolute atomic E-state index is 6.34. The molecular formula is C60H37N3O3. The molecule has 13 aromatic rings. The maximum atomic E-state index is 6.34. The molecule has 310 valence electrons. The van der Waals surface area contributed by atoms with Crippen LogP contribution in [0.4, 0.5) is 0 Å². The van der Waals surface area contributed by atoms with Crippen molar-refractivity contribution in [2.45, 2.75) is 19.3 Å². The van der Waals surface area contributed by atoms with Gasteiger partial charge in [-0.1, -0.05) is 141 Å². The van der Waals surface area contributed by atoms with Crippen LogP contribution in [0.3, 0.4) is 0 Å². The lowest BCUT2D eigenvalue weighted by molar-refractivity contribution is 0.660. The van der Waals surface area contributed by atoms with Gasteiger partial charge in [-0.15, -0.1) is 0 Å². The topological polar surface area (TPSA) is 78.1 Å². The van der Waals surface area contributed by atoms with Crippen molar-refractivity contribution < 1.29 is 13.3 Å². The first-order valence-corrected chi connectivity index (χ1v) is 22.3. The van der Waals surface area contributed by atoms with E-state index in [0.717, 1.165) is 93.6 Å². The second kappa shape index (κ2) is 13.7. The average molecular weight is 848 g/mol. The van der Waals surface area contributed by atoms with Crippen LogP contribution in [-0.4, -0.2) is 15.0 Å². The van der Waals surface area contributed by atoms with E-state index >= 15 is 0 Å². The minimum atomic E-state index is -0.304. The Labute approximate surface area is 378 Å². The quantitative estimate of drug-likeness (QED) is 0.172. The molecule has 66 heavy (non-hydrogen) atoms. The Hall–Kier alpha value is -8.61. The highest BCUT2D eigenvalue weighted by Gasteiger charge is 2.36. The Bertz CT molecular complexity index is 4040. The highest BCUT2D eigenvalue weighted by atomic mass is 16.3. The zero-order valence-electron chi connectivity index (χ0n) is 36.0. The van der Waals surface area contributed by atoms with E-state index in [2.05, 4.69) is 129 Å². The molecule has 0 saturated heterocycles. The van der Waals surface area contributed by atoms with Crippen LogP contribution in [0.5, 0.6) is 0 Å². The summed E-state index contributed by atoms with van der Waals surface area (Å²) in [5.74, 6) is 1.74. The van der Waals surface area contributed by atoms with Crippen molar-refractivity contribution in [3.63, 3.8) is 0 Å². The van der Waals surface area contributed by atoms with E-state index in [1.54, 1.807) is 0 Å². The number of para-hydroxylation sites is 3. The van der Waals surface area contributed by atoms with Gasteiger partial charge in [0, 0.05) is 54.4 Å². The molecule has 1 aliphatic rings. The number of hydrogen-bond donors (Lipinski definition) is 0. The van der Waals surface area contributed by atoms with Crippen molar-refractivity contribution in [1.29, 1.82) is 0 Å². The largest absolute Gasteiger partial charge is 0.456 e. The summed E-state index contributed by atoms with van der Waals surface area (Å²) in [7, 11) is 0. The normalized spacial score (nSPS) is 13.1. The number of nitrogens with zero attached hydrogens (tertiary/aromatic N) is 3. The summed E-state index contributed by atoms with van der Waals surface area (Å²) in [6.07, 6.45) is 0. The first-order valence-electron chi connectivity index (χ1n) is 22.3. The van der Waals surface area contributed by atoms with Gasteiger partial charge in [-0.3, -0.25) is 0 Å². The second-order valence-electron chi connectivity index (χ2n) is 17.9. The number of benzene rings is 9. The Morgan fingerprint density at radius 1 is 0.303 bits per heavy atom. The Morgan fingerprint density at radius 3 is 1.35 bits per heavy atom. The zero-order chi connectivity index (χ0) is 43.7. The molecule has 0 spiro atoms. The van der Waals surface area contributed by atoms with Crippen molar-refractivity contribution >= 4 is 65.8 Å². The molecule has 9 aromatic carbocycles. The molecule has 0 fully saturated rings. The number of fused-ring (bicyclic) bond motifs is 12. The standard InChI is InChI=1S/C60H37N3O3/c1-60(2)47-31-36(34-12-9-13-35(30-34)37-25-29-42-41-14-3-6-19-49(41)66-54(42)33-37)24-27-39(47)40-28-26-38(32-48(40)60)57-61-58(45-17-10-22-52-55(45)43-15-4-7-20-50(43)64-52)63-59(62-57)46-18-11-23-53-56(46)44-16-5-8-21-51(44)65-53/h3-33H,1-2H3. The van der Waals surface area contributed by atoms with Gasteiger partial charge >= 0.3 is 0 Å². The van der Waals surface area contributed by atoms with E-state index < -0.39 is 0 Å². The molecule has 0 atom stereocenters. The Morgan fingerprint density at radius 2 is 0.727 bits per heavy atom. The van der Waals surface area contributed by atoms with Crippen LogP contribution in [0.1, 0.15) is 25.0 Å². The fourth-order valence-corrected chi connectivity index (χ4v) is 10.5. The number of furan rings is 3. The van der Waals surface area contributed by atoms with Crippen molar-refractivity contribution in [2.75, 3.05) is 0 Å². The third kappa shape index (κ3) is 5.45. The van der Waals surface area contributed by atoms with Crippen molar-refractivity contribution in [1.82, 2.24) is 15.0 Å². The first-order chi connectivity index (χ1) is 32.4. The summed E-state index contributed by atoms with van der Waals surface area (Å²) >= 11 is 0. The SMILES string of the molecule is CC1(C)c2cc(-c3cccc(-c4ccc5c(c4)oc4ccccc45)c3)ccc2-c2ccc(-c3nc(-c4cccc5oc6ccccc6c45)nc(-c4cccc5oc6ccccc6c45)n3)cc21. The van der Waals surface area contributed by atoms with Crippen LogP contribution in [0, 0.1) is 0 Å². The third-order valence-corrected chi connectivity index (χ3v) is 13.8. The van der Waals surface area contributed by atoms with Gasteiger partial charge in [0.25, 0.3) is 0 Å². The van der Waals surface area contributed by atoms with Crippen molar-refractivity contribution in [2.24, 2.45) is 0 Å². The van der Waals surface area contributed by atoms with E-state index in [9.17, 15) is 0 Å². The molecule has 6 heteroatoms. The Balaban J connectivity index is 0.886. The minimum Gasteiger partial charge on any atom is -0.456 e. The first kappa shape index (κ1) is 36.8. The number of hydrogen-bond acceptors (Lipinski definition) is 6. The predicted octanol–water partition coefficient (Wildman–Crippen LogP) is 16.2. The van der Waals surface area contributed by atoms with Crippen LogP contribution < -0.4 is 0 Å². The monoisotopic (exact) mass is 847 g/mol. The number of aromatic nitrogens is 3. The smallest absolute Gasteiger partial charge is 0.164 e. The van der Waals surface area contributed by atoms with Crippen LogP contribution in [0.15, 0.2) is 201 Å². The molecule has 6 nitrogen and oxygen atoms in total. The molecule has 0 unspecified atom stereocenters. The summed E-state index contributed by atoms with van der Waals surface area (Å²) in [5, 5.41) is 6.25. The fourth-order valence-electron chi connectivity index (χ4n) is 10.5. The van der Waals surface area contributed by atoms with Crippen molar-refractivity contribution in [3.05, 3.63) is 199 Å². The molecule has 0 radical (unpaired) electrons. The van der Waals surface area contributed by atoms with Gasteiger partial charge in [-0.05, 0) is 105 Å². The van der Waals surface area contributed by atoms with E-state index in [-0.39, 0.29) is 5.41 Å². The van der Waals surface area contributed by atoms with Gasteiger partial charge in [-0.2, -0.15) is 0 Å². The Kier molecular flexibility index (Phi) is 7.64. The summed E-state index contributed by atoms with van der Waals surface area (Å²) in [4.78, 5) is 15.9. The van der Waals surface area contributed by atoms with Crippen LogP contribution >= 0.6 is 0 Å². The molecule has 4 heterocycles. The molecule has 0 aliphatic heterocycles. The third-order valence-electron chi connectivity index (χ3n) is 13.8. The van der Waals surface area contributed by atoms with E-state index in [1.165, 1.54) is 33.4 Å². The molecule has 0 bridgehead atoms. The molecular weight excluding hydrogens is 811 g/mol. The van der Waals surface area contributed by atoms with Gasteiger partial charge in [0.1, 0.15) is 33.5 Å². The summed E-state index contributed by atoms with van der Waals surface area (Å²) in [6.45, 7) is 4.65. The predicted molar refractivity (Wildman–Crippen MR) is 266 cm³/mol. The lowest BCUT2D eigenvalue weighted by Gasteiger charge is -2.22.